The molecule has 3 heterocycles. The Morgan fingerprint density at radius 1 is 1.09 bits per heavy atom. The molecule has 0 unspecified atom stereocenters. The summed E-state index contributed by atoms with van der Waals surface area (Å²) in [5, 5.41) is 7.43. The van der Waals surface area contributed by atoms with E-state index in [1.54, 1.807) is 31.9 Å². The van der Waals surface area contributed by atoms with Crippen LogP contribution >= 0.6 is 11.3 Å². The van der Waals surface area contributed by atoms with Gasteiger partial charge in [0.1, 0.15) is 17.2 Å². The molecular weight excluding hydrogens is 440 g/mol. The number of nitrogens with zero attached hydrogens (tertiary/aromatic N) is 2. The lowest BCUT2D eigenvalue weighted by Gasteiger charge is -2.27. The van der Waals surface area contributed by atoms with Crippen molar-refractivity contribution < 1.29 is 14.3 Å². The number of thiophene rings is 1. The van der Waals surface area contributed by atoms with Gasteiger partial charge in [0.05, 0.1) is 29.3 Å². The Labute approximate surface area is 197 Å². The van der Waals surface area contributed by atoms with Crippen molar-refractivity contribution in [2.24, 2.45) is 13.0 Å². The van der Waals surface area contributed by atoms with Gasteiger partial charge in [0.2, 0.25) is 5.91 Å². The molecule has 176 valence electrons. The van der Waals surface area contributed by atoms with Gasteiger partial charge in [0.15, 0.2) is 0 Å². The predicted octanol–water partition coefficient (Wildman–Crippen LogP) is 3.61. The first kappa shape index (κ1) is 23.1. The number of carbonyl (C=O) groups is 1. The number of aryl methyl sites for hydroxylation is 1. The maximum atomic E-state index is 12.9. The number of likely N-dealkylation sites (tertiary alicyclic amines) is 1. The van der Waals surface area contributed by atoms with Crippen LogP contribution in [0.25, 0.3) is 21.2 Å². The van der Waals surface area contributed by atoms with Crippen LogP contribution in [0.3, 0.4) is 0 Å². The maximum Gasteiger partial charge on any atom is 0.259 e. The molecule has 0 spiro atoms. The predicted molar refractivity (Wildman–Crippen MR) is 134 cm³/mol. The molecule has 0 aliphatic carbocycles. The third kappa shape index (κ3) is 4.43. The molecule has 1 aliphatic heterocycles. The van der Waals surface area contributed by atoms with Crippen molar-refractivity contribution in [2.45, 2.75) is 12.8 Å². The fourth-order valence-electron chi connectivity index (χ4n) is 4.33. The third-order valence-electron chi connectivity index (χ3n) is 6.25. The molecule has 8 nitrogen and oxygen atoms in total. The van der Waals surface area contributed by atoms with E-state index in [4.69, 9.17) is 9.47 Å². The summed E-state index contributed by atoms with van der Waals surface area (Å²) in [5.74, 6) is 1.30. The number of rotatable bonds is 6. The van der Waals surface area contributed by atoms with Crippen molar-refractivity contribution >= 4 is 38.0 Å². The largest absolute Gasteiger partial charge is 0.494 e. The molecule has 2 aromatic heterocycles. The molecule has 33 heavy (non-hydrogen) atoms. The first-order valence-corrected chi connectivity index (χ1v) is 11.7. The Morgan fingerprint density at radius 2 is 1.73 bits per heavy atom. The lowest BCUT2D eigenvalue weighted by Crippen LogP contribution is -2.35. The Bertz CT molecular complexity index is 1220. The number of amides is 1. The van der Waals surface area contributed by atoms with E-state index in [-0.39, 0.29) is 17.4 Å². The number of carbonyl (C=O) groups excluding carboxylic acids is 1. The van der Waals surface area contributed by atoms with Crippen LogP contribution in [-0.2, 0) is 11.8 Å². The highest BCUT2D eigenvalue weighted by Gasteiger charge is 2.24. The highest BCUT2D eigenvalue weighted by molar-refractivity contribution is 7.23. The van der Waals surface area contributed by atoms with E-state index in [1.807, 2.05) is 25.4 Å². The van der Waals surface area contributed by atoms with Crippen LogP contribution in [0.5, 0.6) is 11.5 Å². The summed E-state index contributed by atoms with van der Waals surface area (Å²) in [6.45, 7) is 1.84. The number of anilines is 2. The minimum absolute atomic E-state index is 0.00340. The van der Waals surface area contributed by atoms with E-state index >= 15 is 0 Å². The van der Waals surface area contributed by atoms with Gasteiger partial charge in [-0.25, -0.2) is 0 Å². The second-order valence-electron chi connectivity index (χ2n) is 8.38. The van der Waals surface area contributed by atoms with Crippen LogP contribution < -0.4 is 25.7 Å². The van der Waals surface area contributed by atoms with Crippen LogP contribution in [0.2, 0.25) is 0 Å². The number of hydrogen-bond acceptors (Lipinski definition) is 7. The zero-order valence-corrected chi connectivity index (χ0v) is 20.5. The van der Waals surface area contributed by atoms with Crippen molar-refractivity contribution in [3.8, 4) is 22.6 Å². The van der Waals surface area contributed by atoms with E-state index < -0.39 is 0 Å². The molecule has 4 rings (SSSR count). The van der Waals surface area contributed by atoms with E-state index in [2.05, 4.69) is 22.6 Å². The molecule has 0 saturated carbocycles. The first-order chi connectivity index (χ1) is 15.9. The van der Waals surface area contributed by atoms with Gasteiger partial charge in [-0.05, 0) is 56.7 Å². The van der Waals surface area contributed by atoms with Crippen LogP contribution in [-0.4, -0.2) is 56.8 Å². The molecule has 1 aromatic carbocycles. The van der Waals surface area contributed by atoms with E-state index in [0.717, 1.165) is 47.4 Å². The molecule has 0 radical (unpaired) electrons. The summed E-state index contributed by atoms with van der Waals surface area (Å²) >= 11 is 1.42. The van der Waals surface area contributed by atoms with Gasteiger partial charge in [0, 0.05) is 31.8 Å². The smallest absolute Gasteiger partial charge is 0.259 e. The van der Waals surface area contributed by atoms with Crippen LogP contribution in [0.4, 0.5) is 10.7 Å². The minimum Gasteiger partial charge on any atom is -0.494 e. The van der Waals surface area contributed by atoms with Crippen LogP contribution in [0.15, 0.2) is 29.2 Å². The summed E-state index contributed by atoms with van der Waals surface area (Å²) in [7, 11) is 8.83. The molecule has 0 atom stereocenters. The number of piperidine rings is 1. The Balaban J connectivity index is 1.76. The quantitative estimate of drug-likeness (QED) is 0.573. The van der Waals surface area contributed by atoms with Crippen molar-refractivity contribution in [2.75, 3.05) is 52.0 Å². The number of aromatic nitrogens is 1. The average molecular weight is 471 g/mol. The molecule has 2 N–H and O–H groups in total. The van der Waals surface area contributed by atoms with Crippen molar-refractivity contribution in [3.63, 3.8) is 0 Å². The van der Waals surface area contributed by atoms with Gasteiger partial charge >= 0.3 is 0 Å². The SMILES string of the molecule is CNc1c(OC)cc(-c2cn(C)c(=O)c3cc(NC(=O)C4CCN(C)CC4)sc23)cc1OC. The molecule has 1 aliphatic rings. The number of pyridine rings is 1. The summed E-state index contributed by atoms with van der Waals surface area (Å²) in [6.07, 6.45) is 3.51. The van der Waals surface area contributed by atoms with Gasteiger partial charge in [-0.2, -0.15) is 0 Å². The third-order valence-corrected chi connectivity index (χ3v) is 7.34. The molecule has 3 aromatic rings. The summed E-state index contributed by atoms with van der Waals surface area (Å²) < 4.78 is 13.5. The fraction of sp³-hybridized carbons (Fsp3) is 0.417. The first-order valence-electron chi connectivity index (χ1n) is 10.9. The Kier molecular flexibility index (Phi) is 6.62. The zero-order valence-electron chi connectivity index (χ0n) is 19.7. The van der Waals surface area contributed by atoms with Crippen molar-refractivity contribution in [1.29, 1.82) is 0 Å². The van der Waals surface area contributed by atoms with Gasteiger partial charge in [-0.3, -0.25) is 9.59 Å². The number of fused-ring (bicyclic) bond motifs is 1. The second kappa shape index (κ2) is 9.44. The Morgan fingerprint density at radius 3 is 2.30 bits per heavy atom. The minimum atomic E-state index is -0.101. The lowest BCUT2D eigenvalue weighted by atomic mass is 9.96. The maximum absolute atomic E-state index is 12.9. The fourth-order valence-corrected chi connectivity index (χ4v) is 5.41. The van der Waals surface area contributed by atoms with Gasteiger partial charge in [0.25, 0.3) is 5.56 Å². The van der Waals surface area contributed by atoms with E-state index in [1.165, 1.54) is 11.3 Å². The van der Waals surface area contributed by atoms with E-state index in [9.17, 15) is 9.59 Å². The highest BCUT2D eigenvalue weighted by atomic mass is 32.1. The zero-order chi connectivity index (χ0) is 23.7. The molecule has 1 saturated heterocycles. The van der Waals surface area contributed by atoms with Crippen molar-refractivity contribution in [3.05, 3.63) is 34.7 Å². The number of ether oxygens (including phenoxy) is 2. The molecule has 0 bridgehead atoms. The standard InChI is InChI=1S/C24H30N4O4S/c1-25-21-18(31-4)10-15(11-19(21)32-5)17-13-28(3)24(30)16-12-20(33-22(16)17)26-23(29)14-6-8-27(2)9-7-14/h10-14,25H,6-9H2,1-5H3,(H,26,29). The molecule has 9 heteroatoms. The second-order valence-corrected chi connectivity index (χ2v) is 9.44. The van der Waals surface area contributed by atoms with Crippen LogP contribution in [0, 0.1) is 5.92 Å². The number of nitrogens with one attached hydrogen (secondary N) is 2. The topological polar surface area (TPSA) is 84.8 Å². The van der Waals surface area contributed by atoms with Gasteiger partial charge < -0.3 is 29.6 Å². The van der Waals surface area contributed by atoms with E-state index in [0.29, 0.717) is 21.9 Å². The van der Waals surface area contributed by atoms with Gasteiger partial charge in [-0.15, -0.1) is 11.3 Å². The number of hydrogen-bond donors (Lipinski definition) is 2. The number of benzene rings is 1. The average Bonchev–Trinajstić information content (AvgIpc) is 3.24. The molecule has 1 fully saturated rings. The normalized spacial score (nSPS) is 14.9. The van der Waals surface area contributed by atoms with Crippen LogP contribution in [0.1, 0.15) is 12.8 Å². The van der Waals surface area contributed by atoms with Crippen molar-refractivity contribution in [1.82, 2.24) is 9.47 Å². The van der Waals surface area contributed by atoms with Gasteiger partial charge in [-0.1, -0.05) is 0 Å². The summed E-state index contributed by atoms with van der Waals surface area (Å²) in [5.41, 5.74) is 2.38. The summed E-state index contributed by atoms with van der Waals surface area (Å²) in [6, 6.07) is 5.63. The molecule has 1 amide bonds. The Hall–Kier alpha value is -3.04. The lowest BCUT2D eigenvalue weighted by molar-refractivity contribution is -0.121. The number of methoxy groups -OCH3 is 2. The summed E-state index contributed by atoms with van der Waals surface area (Å²) in [4.78, 5) is 28.0. The highest BCUT2D eigenvalue weighted by Crippen LogP contribution is 2.42. The monoisotopic (exact) mass is 470 g/mol. The molecular formula is C24H30N4O4S.